The van der Waals surface area contributed by atoms with Crippen LogP contribution in [0.1, 0.15) is 12.8 Å². The Morgan fingerprint density at radius 3 is 3.08 bits per heavy atom. The summed E-state index contributed by atoms with van der Waals surface area (Å²) < 4.78 is 5.30. The molecule has 0 saturated carbocycles. The van der Waals surface area contributed by atoms with Crippen molar-refractivity contribution >= 4 is 6.09 Å². The number of amides is 1. The van der Waals surface area contributed by atoms with Crippen LogP contribution in [0.2, 0.25) is 0 Å². The highest BCUT2D eigenvalue weighted by Crippen LogP contribution is 2.12. The van der Waals surface area contributed by atoms with Gasteiger partial charge in [0.25, 0.3) is 0 Å². The first-order valence-corrected chi connectivity index (χ1v) is 4.20. The lowest BCUT2D eigenvalue weighted by Crippen LogP contribution is -2.28. The van der Waals surface area contributed by atoms with Crippen molar-refractivity contribution in [1.82, 2.24) is 4.90 Å². The lowest BCUT2D eigenvalue weighted by atomic mass is 10.3. The fourth-order valence-electron chi connectivity index (χ4n) is 1.31. The third-order valence-electron chi connectivity index (χ3n) is 1.98. The van der Waals surface area contributed by atoms with Crippen LogP contribution in [0.15, 0.2) is 0 Å². The number of hydrogen-bond donors (Lipinski definition) is 1. The normalized spacial score (nSPS) is 21.5. The van der Waals surface area contributed by atoms with Gasteiger partial charge in [-0.05, 0) is 6.42 Å². The van der Waals surface area contributed by atoms with Crippen LogP contribution in [-0.4, -0.2) is 41.9 Å². The molecule has 5 heteroatoms. The van der Waals surface area contributed by atoms with Crippen LogP contribution in [0.5, 0.6) is 0 Å². The highest BCUT2D eigenvalue weighted by Gasteiger charge is 2.25. The molecule has 0 radical (unpaired) electrons. The molecule has 1 aliphatic heterocycles. The lowest BCUT2D eigenvalue weighted by molar-refractivity contribution is 0.0624. The lowest BCUT2D eigenvalue weighted by Gasteiger charge is -2.11. The van der Waals surface area contributed by atoms with E-state index in [-0.39, 0.29) is 6.10 Å². The van der Waals surface area contributed by atoms with Crippen LogP contribution in [-0.2, 0) is 4.74 Å². The van der Waals surface area contributed by atoms with Crippen LogP contribution in [0, 0.1) is 11.3 Å². The molecule has 5 nitrogen and oxygen atoms in total. The Morgan fingerprint density at radius 2 is 2.54 bits per heavy atom. The molecule has 1 atom stereocenters. The van der Waals surface area contributed by atoms with Crippen molar-refractivity contribution in [3.63, 3.8) is 0 Å². The number of likely N-dealkylation sites (tertiary alicyclic amines) is 1. The van der Waals surface area contributed by atoms with Gasteiger partial charge < -0.3 is 14.7 Å². The maximum Gasteiger partial charge on any atom is 0.407 e. The Labute approximate surface area is 76.5 Å². The van der Waals surface area contributed by atoms with Crippen LogP contribution in [0.4, 0.5) is 4.79 Å². The zero-order chi connectivity index (χ0) is 9.68. The van der Waals surface area contributed by atoms with Crippen molar-refractivity contribution in [1.29, 1.82) is 5.26 Å². The molecule has 13 heavy (non-hydrogen) atoms. The maximum atomic E-state index is 10.5. The minimum absolute atomic E-state index is 0.0237. The van der Waals surface area contributed by atoms with Gasteiger partial charge in [0.05, 0.1) is 31.7 Å². The molecule has 0 bridgehead atoms. The van der Waals surface area contributed by atoms with Crippen molar-refractivity contribution in [3.05, 3.63) is 0 Å². The molecule has 1 saturated heterocycles. The van der Waals surface area contributed by atoms with Crippen LogP contribution >= 0.6 is 0 Å². The first-order chi connectivity index (χ1) is 6.24. The molecule has 72 valence electrons. The minimum atomic E-state index is -0.897. The van der Waals surface area contributed by atoms with Crippen molar-refractivity contribution in [2.75, 3.05) is 19.7 Å². The van der Waals surface area contributed by atoms with Crippen LogP contribution in [0.3, 0.4) is 0 Å². The smallest absolute Gasteiger partial charge is 0.407 e. The van der Waals surface area contributed by atoms with E-state index in [0.717, 1.165) is 6.42 Å². The topological polar surface area (TPSA) is 73.6 Å². The van der Waals surface area contributed by atoms with Gasteiger partial charge in [0.15, 0.2) is 0 Å². The van der Waals surface area contributed by atoms with E-state index >= 15 is 0 Å². The van der Waals surface area contributed by atoms with E-state index in [1.165, 1.54) is 4.90 Å². The number of nitriles is 1. The molecular formula is C8H12N2O3. The first-order valence-electron chi connectivity index (χ1n) is 4.20. The second-order valence-corrected chi connectivity index (χ2v) is 2.92. The van der Waals surface area contributed by atoms with E-state index in [0.29, 0.717) is 26.1 Å². The van der Waals surface area contributed by atoms with Gasteiger partial charge in [0.2, 0.25) is 0 Å². The number of hydrogen-bond acceptors (Lipinski definition) is 3. The highest BCUT2D eigenvalue weighted by atomic mass is 16.5. The SMILES string of the molecule is N#CCCO[C@H]1CCN(C(=O)O)C1. The molecular weight excluding hydrogens is 172 g/mol. The number of carbonyl (C=O) groups is 1. The number of carboxylic acid groups (broad SMARTS) is 1. The summed E-state index contributed by atoms with van der Waals surface area (Å²) >= 11 is 0. The summed E-state index contributed by atoms with van der Waals surface area (Å²) in [6.07, 6.45) is 0.178. The van der Waals surface area contributed by atoms with E-state index in [1.54, 1.807) is 0 Å². The summed E-state index contributed by atoms with van der Waals surface area (Å²) in [6.45, 7) is 1.36. The number of nitrogens with zero attached hydrogens (tertiary/aromatic N) is 2. The Morgan fingerprint density at radius 1 is 1.77 bits per heavy atom. The monoisotopic (exact) mass is 184 g/mol. The average Bonchev–Trinajstić information content (AvgIpc) is 2.53. The van der Waals surface area contributed by atoms with Gasteiger partial charge in [-0.25, -0.2) is 4.79 Å². The Balaban J connectivity index is 2.18. The second-order valence-electron chi connectivity index (χ2n) is 2.92. The molecule has 0 aliphatic carbocycles. The average molecular weight is 184 g/mol. The standard InChI is InChI=1S/C8H12N2O3/c9-3-1-5-13-7-2-4-10(6-7)8(11)12/h7H,1-2,4-6H2,(H,11,12)/t7-/m0/s1. The molecule has 1 amide bonds. The van der Waals surface area contributed by atoms with Crippen LogP contribution < -0.4 is 0 Å². The van der Waals surface area contributed by atoms with Gasteiger partial charge in [-0.15, -0.1) is 0 Å². The second kappa shape index (κ2) is 4.67. The third kappa shape index (κ3) is 2.92. The molecule has 0 aromatic heterocycles. The van der Waals surface area contributed by atoms with E-state index < -0.39 is 6.09 Å². The predicted octanol–water partition coefficient (Wildman–Crippen LogP) is 0.669. The number of ether oxygens (including phenoxy) is 1. The molecule has 0 aromatic carbocycles. The summed E-state index contributed by atoms with van der Waals surface area (Å²) in [7, 11) is 0. The molecule has 1 rings (SSSR count). The summed E-state index contributed by atoms with van der Waals surface area (Å²) in [6, 6.07) is 1.97. The van der Waals surface area contributed by atoms with Gasteiger partial charge >= 0.3 is 6.09 Å². The predicted molar refractivity (Wildman–Crippen MR) is 44.2 cm³/mol. The fourth-order valence-corrected chi connectivity index (χ4v) is 1.31. The van der Waals surface area contributed by atoms with E-state index in [2.05, 4.69) is 0 Å². The first kappa shape index (κ1) is 9.81. The van der Waals surface area contributed by atoms with Gasteiger partial charge in [-0.3, -0.25) is 0 Å². The van der Waals surface area contributed by atoms with Crippen molar-refractivity contribution in [2.24, 2.45) is 0 Å². The zero-order valence-corrected chi connectivity index (χ0v) is 7.27. The largest absolute Gasteiger partial charge is 0.465 e. The molecule has 1 N–H and O–H groups in total. The summed E-state index contributed by atoms with van der Waals surface area (Å²) in [4.78, 5) is 11.8. The minimum Gasteiger partial charge on any atom is -0.465 e. The molecule has 0 unspecified atom stereocenters. The molecule has 1 aliphatic rings. The number of rotatable bonds is 3. The Bertz CT molecular complexity index is 224. The summed E-state index contributed by atoms with van der Waals surface area (Å²) in [5, 5.41) is 16.9. The third-order valence-corrected chi connectivity index (χ3v) is 1.98. The molecule has 0 aromatic rings. The maximum absolute atomic E-state index is 10.5. The Kier molecular flexibility index (Phi) is 3.53. The fraction of sp³-hybridized carbons (Fsp3) is 0.750. The van der Waals surface area contributed by atoms with E-state index in [9.17, 15) is 4.79 Å². The van der Waals surface area contributed by atoms with Gasteiger partial charge in [-0.2, -0.15) is 5.26 Å². The zero-order valence-electron chi connectivity index (χ0n) is 7.27. The van der Waals surface area contributed by atoms with Gasteiger partial charge in [0.1, 0.15) is 0 Å². The summed E-state index contributed by atoms with van der Waals surface area (Å²) in [5.74, 6) is 0. The van der Waals surface area contributed by atoms with Crippen LogP contribution in [0.25, 0.3) is 0 Å². The van der Waals surface area contributed by atoms with Crippen molar-refractivity contribution in [2.45, 2.75) is 18.9 Å². The van der Waals surface area contributed by atoms with E-state index in [1.807, 2.05) is 6.07 Å². The van der Waals surface area contributed by atoms with Crippen molar-refractivity contribution in [3.8, 4) is 6.07 Å². The van der Waals surface area contributed by atoms with Gasteiger partial charge in [0, 0.05) is 6.54 Å². The summed E-state index contributed by atoms with van der Waals surface area (Å²) in [5.41, 5.74) is 0. The van der Waals surface area contributed by atoms with E-state index in [4.69, 9.17) is 15.1 Å². The Hall–Kier alpha value is -1.28. The molecule has 0 spiro atoms. The van der Waals surface area contributed by atoms with Gasteiger partial charge in [-0.1, -0.05) is 0 Å². The molecule has 1 heterocycles. The quantitative estimate of drug-likeness (QED) is 0.654. The molecule has 1 fully saturated rings. The highest BCUT2D eigenvalue weighted by molar-refractivity contribution is 5.65. The van der Waals surface area contributed by atoms with Crippen molar-refractivity contribution < 1.29 is 14.6 Å².